The summed E-state index contributed by atoms with van der Waals surface area (Å²) in [5.41, 5.74) is -0.443. The van der Waals surface area contributed by atoms with Gasteiger partial charge in [0, 0.05) is 0 Å². The minimum Gasteiger partial charge on any atom is -0.481 e. The number of carboxylic acids is 1. The van der Waals surface area contributed by atoms with Crippen LogP contribution >= 0.6 is 0 Å². The van der Waals surface area contributed by atoms with Crippen LogP contribution in [0.4, 0.5) is 0 Å². The number of carboxylic acid groups (broad SMARTS) is 1. The lowest BCUT2D eigenvalue weighted by Crippen LogP contribution is -2.43. The Morgan fingerprint density at radius 2 is 1.87 bits per heavy atom. The van der Waals surface area contributed by atoms with Gasteiger partial charge in [0.15, 0.2) is 0 Å². The summed E-state index contributed by atoms with van der Waals surface area (Å²) < 4.78 is 0. The van der Waals surface area contributed by atoms with Crippen LogP contribution in [0, 0.1) is 11.3 Å². The summed E-state index contributed by atoms with van der Waals surface area (Å²) in [6, 6.07) is 0. The minimum atomic E-state index is -0.587. The first-order chi connectivity index (χ1) is 7.14. The monoisotopic (exact) mass is 213 g/mol. The molecule has 1 saturated heterocycles. The van der Waals surface area contributed by atoms with Crippen molar-refractivity contribution in [1.29, 1.82) is 0 Å². The molecule has 0 unspecified atom stereocenters. The largest absolute Gasteiger partial charge is 0.481 e. The lowest BCUT2D eigenvalue weighted by atomic mass is 9.71. The van der Waals surface area contributed by atoms with Crippen molar-refractivity contribution in [3.8, 4) is 0 Å². The lowest BCUT2D eigenvalue weighted by Gasteiger charge is -2.36. The SMILES string of the molecule is CCC(CC)CC1(C(=O)O)CCNCC1. The van der Waals surface area contributed by atoms with E-state index < -0.39 is 11.4 Å². The fraction of sp³-hybridized carbons (Fsp3) is 0.917. The zero-order chi connectivity index (χ0) is 11.3. The molecule has 1 fully saturated rings. The van der Waals surface area contributed by atoms with Crippen LogP contribution in [-0.2, 0) is 4.79 Å². The molecule has 2 N–H and O–H groups in total. The molecule has 1 heterocycles. The summed E-state index contributed by atoms with van der Waals surface area (Å²) in [6.45, 7) is 6.02. The predicted molar refractivity (Wildman–Crippen MR) is 60.9 cm³/mol. The average Bonchev–Trinajstić information content (AvgIpc) is 2.27. The fourth-order valence-electron chi connectivity index (χ4n) is 2.54. The number of hydrogen-bond acceptors (Lipinski definition) is 2. The smallest absolute Gasteiger partial charge is 0.309 e. The lowest BCUT2D eigenvalue weighted by molar-refractivity contribution is -0.152. The Morgan fingerprint density at radius 1 is 1.33 bits per heavy atom. The highest BCUT2D eigenvalue weighted by molar-refractivity contribution is 5.74. The van der Waals surface area contributed by atoms with Gasteiger partial charge >= 0.3 is 5.97 Å². The summed E-state index contributed by atoms with van der Waals surface area (Å²) in [5.74, 6) is -0.0184. The Hall–Kier alpha value is -0.570. The van der Waals surface area contributed by atoms with Gasteiger partial charge in [-0.25, -0.2) is 0 Å². The summed E-state index contributed by atoms with van der Waals surface area (Å²) in [7, 11) is 0. The highest BCUT2D eigenvalue weighted by Crippen LogP contribution is 2.37. The molecule has 0 saturated carbocycles. The maximum Gasteiger partial charge on any atom is 0.309 e. The molecule has 3 nitrogen and oxygen atoms in total. The summed E-state index contributed by atoms with van der Waals surface area (Å²) in [5, 5.41) is 12.6. The molecular weight excluding hydrogens is 190 g/mol. The third-order valence-electron chi connectivity index (χ3n) is 3.85. The fourth-order valence-corrected chi connectivity index (χ4v) is 2.54. The van der Waals surface area contributed by atoms with Crippen molar-refractivity contribution in [2.75, 3.05) is 13.1 Å². The first-order valence-electron chi connectivity index (χ1n) is 6.08. The van der Waals surface area contributed by atoms with Crippen LogP contribution in [0.2, 0.25) is 0 Å². The van der Waals surface area contributed by atoms with Crippen LogP contribution < -0.4 is 5.32 Å². The van der Waals surface area contributed by atoms with Gasteiger partial charge in [0.1, 0.15) is 0 Å². The molecule has 15 heavy (non-hydrogen) atoms. The van der Waals surface area contributed by atoms with Crippen molar-refractivity contribution in [2.45, 2.75) is 46.0 Å². The molecule has 3 heteroatoms. The number of hydrogen-bond donors (Lipinski definition) is 2. The molecule has 1 aliphatic heterocycles. The van der Waals surface area contributed by atoms with E-state index in [2.05, 4.69) is 19.2 Å². The normalized spacial score (nSPS) is 20.5. The highest BCUT2D eigenvalue weighted by Gasteiger charge is 2.40. The van der Waals surface area contributed by atoms with Gasteiger partial charge in [-0.05, 0) is 38.3 Å². The van der Waals surface area contributed by atoms with Crippen LogP contribution in [0.3, 0.4) is 0 Å². The van der Waals surface area contributed by atoms with E-state index >= 15 is 0 Å². The number of rotatable bonds is 5. The first-order valence-corrected chi connectivity index (χ1v) is 6.08. The third kappa shape index (κ3) is 2.94. The number of aliphatic carboxylic acids is 1. The van der Waals surface area contributed by atoms with Gasteiger partial charge in [-0.2, -0.15) is 0 Å². The van der Waals surface area contributed by atoms with Crippen LogP contribution in [-0.4, -0.2) is 24.2 Å². The topological polar surface area (TPSA) is 49.3 Å². The first kappa shape index (κ1) is 12.5. The third-order valence-corrected chi connectivity index (χ3v) is 3.85. The maximum atomic E-state index is 11.4. The number of carbonyl (C=O) groups is 1. The van der Waals surface area contributed by atoms with Gasteiger partial charge in [0.2, 0.25) is 0 Å². The van der Waals surface area contributed by atoms with E-state index in [1.54, 1.807) is 0 Å². The standard InChI is InChI=1S/C12H23NO2/c1-3-10(4-2)9-12(11(14)15)5-7-13-8-6-12/h10,13H,3-9H2,1-2H3,(H,14,15). The molecule has 0 atom stereocenters. The molecule has 0 aromatic carbocycles. The van der Waals surface area contributed by atoms with Crippen LogP contribution in [0.15, 0.2) is 0 Å². The molecule has 0 aromatic rings. The van der Waals surface area contributed by atoms with Crippen molar-refractivity contribution in [3.63, 3.8) is 0 Å². The molecule has 0 aromatic heterocycles. The van der Waals surface area contributed by atoms with E-state index in [-0.39, 0.29) is 0 Å². The van der Waals surface area contributed by atoms with E-state index in [1.165, 1.54) is 0 Å². The second kappa shape index (κ2) is 5.50. The van der Waals surface area contributed by atoms with Crippen LogP contribution in [0.5, 0.6) is 0 Å². The van der Waals surface area contributed by atoms with E-state index in [9.17, 15) is 9.90 Å². The minimum absolute atomic E-state index is 0.443. The Balaban J connectivity index is 2.67. The van der Waals surface area contributed by atoms with Crippen molar-refractivity contribution < 1.29 is 9.90 Å². The van der Waals surface area contributed by atoms with E-state index in [0.717, 1.165) is 45.2 Å². The average molecular weight is 213 g/mol. The molecule has 0 radical (unpaired) electrons. The predicted octanol–water partition coefficient (Wildman–Crippen LogP) is 2.27. The van der Waals surface area contributed by atoms with Crippen molar-refractivity contribution in [3.05, 3.63) is 0 Å². The van der Waals surface area contributed by atoms with Gasteiger partial charge in [-0.1, -0.05) is 26.7 Å². The molecule has 1 aliphatic rings. The molecule has 1 rings (SSSR count). The Bertz CT molecular complexity index is 206. The van der Waals surface area contributed by atoms with Crippen molar-refractivity contribution in [1.82, 2.24) is 5.32 Å². The highest BCUT2D eigenvalue weighted by atomic mass is 16.4. The van der Waals surface area contributed by atoms with E-state index in [1.807, 2.05) is 0 Å². The Morgan fingerprint density at radius 3 is 2.27 bits per heavy atom. The molecule has 0 amide bonds. The Labute approximate surface area is 92.3 Å². The maximum absolute atomic E-state index is 11.4. The van der Waals surface area contributed by atoms with Crippen LogP contribution in [0.1, 0.15) is 46.0 Å². The number of nitrogens with one attached hydrogen (secondary N) is 1. The van der Waals surface area contributed by atoms with E-state index in [4.69, 9.17) is 0 Å². The van der Waals surface area contributed by atoms with Crippen LogP contribution in [0.25, 0.3) is 0 Å². The molecule has 0 bridgehead atoms. The summed E-state index contributed by atoms with van der Waals surface area (Å²) in [4.78, 5) is 11.4. The summed E-state index contributed by atoms with van der Waals surface area (Å²) in [6.07, 6.45) is 4.63. The van der Waals surface area contributed by atoms with Gasteiger partial charge in [0.05, 0.1) is 5.41 Å². The zero-order valence-electron chi connectivity index (χ0n) is 9.88. The molecule has 88 valence electrons. The number of piperidine rings is 1. The van der Waals surface area contributed by atoms with Crippen molar-refractivity contribution in [2.24, 2.45) is 11.3 Å². The second-order valence-corrected chi connectivity index (χ2v) is 4.72. The molecule has 0 aliphatic carbocycles. The van der Waals surface area contributed by atoms with Gasteiger partial charge in [-0.15, -0.1) is 0 Å². The summed E-state index contributed by atoms with van der Waals surface area (Å²) >= 11 is 0. The van der Waals surface area contributed by atoms with Crippen molar-refractivity contribution >= 4 is 5.97 Å². The van der Waals surface area contributed by atoms with Gasteiger partial charge < -0.3 is 10.4 Å². The van der Waals surface area contributed by atoms with Gasteiger partial charge in [0.25, 0.3) is 0 Å². The van der Waals surface area contributed by atoms with E-state index in [0.29, 0.717) is 5.92 Å². The quantitative estimate of drug-likeness (QED) is 0.736. The molecule has 0 spiro atoms. The second-order valence-electron chi connectivity index (χ2n) is 4.72. The zero-order valence-corrected chi connectivity index (χ0v) is 9.88. The Kier molecular flexibility index (Phi) is 4.58. The molecular formula is C12H23NO2. The van der Waals surface area contributed by atoms with Gasteiger partial charge in [-0.3, -0.25) is 4.79 Å².